The lowest BCUT2D eigenvalue weighted by atomic mass is 10.0. The maximum Gasteiger partial charge on any atom is 0.0918 e. The smallest absolute Gasteiger partial charge is 0.0918 e. The summed E-state index contributed by atoms with van der Waals surface area (Å²) in [5.41, 5.74) is 6.79. The van der Waals surface area contributed by atoms with Crippen LogP contribution in [0, 0.1) is 0 Å². The highest BCUT2D eigenvalue weighted by Gasteiger charge is 2.06. The van der Waals surface area contributed by atoms with Gasteiger partial charge in [-0.2, -0.15) is 0 Å². The molecule has 0 bridgehead atoms. The predicted molar refractivity (Wildman–Crippen MR) is 98.1 cm³/mol. The first-order chi connectivity index (χ1) is 11.2. The molecule has 0 saturated heterocycles. The summed E-state index contributed by atoms with van der Waals surface area (Å²) < 4.78 is 0. The Bertz CT molecular complexity index is 742. The minimum absolute atomic E-state index is 0.769. The van der Waals surface area contributed by atoms with E-state index in [1.54, 1.807) is 12.4 Å². The summed E-state index contributed by atoms with van der Waals surface area (Å²) in [6, 6.07) is 4.36. The van der Waals surface area contributed by atoms with Crippen molar-refractivity contribution in [3.8, 4) is 0 Å². The summed E-state index contributed by atoms with van der Waals surface area (Å²) in [6.07, 6.45) is 11.6. The van der Waals surface area contributed by atoms with Crippen molar-refractivity contribution >= 4 is 11.0 Å². The molecule has 2 rings (SSSR count). The van der Waals surface area contributed by atoms with Crippen LogP contribution in [0.15, 0.2) is 60.6 Å². The standard InChI is InChI=1S/C20H25N3/c1-5-8-15(4)18(7-3)23-14-16-12-17(9-6-2)20-19(13-16)21-10-11-22-20/h5,7-8,10-13,23H,1,6,9,14H2,2-4H3/b15-8-,18-7+. The molecule has 2 aromatic rings. The van der Waals surface area contributed by atoms with E-state index in [1.165, 1.54) is 16.7 Å². The van der Waals surface area contributed by atoms with Gasteiger partial charge in [-0.25, -0.2) is 0 Å². The zero-order valence-corrected chi connectivity index (χ0v) is 14.3. The van der Waals surface area contributed by atoms with Crippen LogP contribution in [0.3, 0.4) is 0 Å². The van der Waals surface area contributed by atoms with E-state index in [4.69, 9.17) is 0 Å². The molecule has 0 unspecified atom stereocenters. The predicted octanol–water partition coefficient (Wildman–Crippen LogP) is 4.71. The highest BCUT2D eigenvalue weighted by molar-refractivity contribution is 5.78. The Hall–Kier alpha value is -2.42. The van der Waals surface area contributed by atoms with Gasteiger partial charge in [0.1, 0.15) is 0 Å². The number of nitrogens with one attached hydrogen (secondary N) is 1. The Morgan fingerprint density at radius 1 is 1.26 bits per heavy atom. The molecule has 0 radical (unpaired) electrons. The Morgan fingerprint density at radius 2 is 2.04 bits per heavy atom. The van der Waals surface area contributed by atoms with E-state index in [0.29, 0.717) is 0 Å². The zero-order chi connectivity index (χ0) is 16.7. The van der Waals surface area contributed by atoms with Gasteiger partial charge in [-0.1, -0.05) is 44.2 Å². The molecule has 0 fully saturated rings. The van der Waals surface area contributed by atoms with Crippen LogP contribution in [-0.4, -0.2) is 9.97 Å². The van der Waals surface area contributed by atoms with Crippen molar-refractivity contribution in [2.45, 2.75) is 40.2 Å². The van der Waals surface area contributed by atoms with Crippen LogP contribution in [0.4, 0.5) is 0 Å². The molecular weight excluding hydrogens is 282 g/mol. The minimum Gasteiger partial charge on any atom is -0.381 e. The summed E-state index contributed by atoms with van der Waals surface area (Å²) in [7, 11) is 0. The van der Waals surface area contributed by atoms with E-state index in [-0.39, 0.29) is 0 Å². The largest absolute Gasteiger partial charge is 0.381 e. The number of aryl methyl sites for hydroxylation is 1. The number of rotatable bonds is 7. The first kappa shape index (κ1) is 16.9. The number of hydrogen-bond acceptors (Lipinski definition) is 3. The van der Waals surface area contributed by atoms with Gasteiger partial charge in [0, 0.05) is 24.6 Å². The normalized spacial score (nSPS) is 12.5. The van der Waals surface area contributed by atoms with Crippen LogP contribution in [0.5, 0.6) is 0 Å². The van der Waals surface area contributed by atoms with Crippen molar-refractivity contribution in [1.29, 1.82) is 0 Å². The number of allylic oxidation sites excluding steroid dienone is 4. The van der Waals surface area contributed by atoms with Crippen molar-refractivity contribution < 1.29 is 0 Å². The fraction of sp³-hybridized carbons (Fsp3) is 0.300. The summed E-state index contributed by atoms with van der Waals surface area (Å²) in [6.45, 7) is 10.8. The van der Waals surface area contributed by atoms with Crippen LogP contribution in [0.1, 0.15) is 38.3 Å². The third-order valence-corrected chi connectivity index (χ3v) is 3.80. The summed E-state index contributed by atoms with van der Waals surface area (Å²) in [4.78, 5) is 8.96. The summed E-state index contributed by atoms with van der Waals surface area (Å²) >= 11 is 0. The average Bonchev–Trinajstić information content (AvgIpc) is 2.56. The van der Waals surface area contributed by atoms with E-state index in [9.17, 15) is 0 Å². The lowest BCUT2D eigenvalue weighted by Gasteiger charge is -2.13. The maximum atomic E-state index is 4.49. The fourth-order valence-electron chi connectivity index (χ4n) is 2.71. The van der Waals surface area contributed by atoms with Gasteiger partial charge in [0.25, 0.3) is 0 Å². The molecule has 3 nitrogen and oxygen atoms in total. The number of nitrogens with zero attached hydrogens (tertiary/aromatic N) is 2. The van der Waals surface area contributed by atoms with Crippen molar-refractivity contribution in [3.63, 3.8) is 0 Å². The molecule has 0 amide bonds. The quantitative estimate of drug-likeness (QED) is 0.753. The van der Waals surface area contributed by atoms with Gasteiger partial charge in [-0.3, -0.25) is 9.97 Å². The van der Waals surface area contributed by atoms with Crippen LogP contribution in [0.25, 0.3) is 11.0 Å². The number of hydrogen-bond donors (Lipinski definition) is 1. The second-order valence-electron chi connectivity index (χ2n) is 5.57. The third-order valence-electron chi connectivity index (χ3n) is 3.80. The van der Waals surface area contributed by atoms with E-state index in [1.807, 2.05) is 19.1 Å². The average molecular weight is 307 g/mol. The Kier molecular flexibility index (Phi) is 6.10. The van der Waals surface area contributed by atoms with E-state index >= 15 is 0 Å². The zero-order valence-electron chi connectivity index (χ0n) is 14.3. The molecule has 1 heterocycles. The third kappa shape index (κ3) is 4.28. The first-order valence-corrected chi connectivity index (χ1v) is 8.12. The molecular formula is C20H25N3. The minimum atomic E-state index is 0.769. The molecule has 1 N–H and O–H groups in total. The van der Waals surface area contributed by atoms with Crippen molar-refractivity contribution in [2.75, 3.05) is 0 Å². The molecule has 1 aromatic carbocycles. The van der Waals surface area contributed by atoms with Crippen LogP contribution < -0.4 is 5.32 Å². The topological polar surface area (TPSA) is 37.8 Å². The summed E-state index contributed by atoms with van der Waals surface area (Å²) in [5.74, 6) is 0. The molecule has 0 aliphatic heterocycles. The Labute approximate surface area is 138 Å². The fourth-order valence-corrected chi connectivity index (χ4v) is 2.71. The lowest BCUT2D eigenvalue weighted by Crippen LogP contribution is -2.14. The van der Waals surface area contributed by atoms with Gasteiger partial charge >= 0.3 is 0 Å². The molecule has 0 aliphatic rings. The molecule has 0 spiro atoms. The lowest BCUT2D eigenvalue weighted by molar-refractivity contribution is 0.814. The summed E-state index contributed by atoms with van der Waals surface area (Å²) in [5, 5.41) is 3.50. The molecule has 1 aromatic heterocycles. The highest BCUT2D eigenvalue weighted by atomic mass is 14.9. The number of benzene rings is 1. The monoisotopic (exact) mass is 307 g/mol. The van der Waals surface area contributed by atoms with Gasteiger partial charge < -0.3 is 5.32 Å². The molecule has 3 heteroatoms. The SMILES string of the molecule is C=C/C=C(C)\C(=C/C)NCc1cc(CCC)c2nccnc2c1. The van der Waals surface area contributed by atoms with Gasteiger partial charge in [0.15, 0.2) is 0 Å². The van der Waals surface area contributed by atoms with Gasteiger partial charge in [0.05, 0.1) is 11.0 Å². The van der Waals surface area contributed by atoms with Crippen molar-refractivity contribution in [1.82, 2.24) is 15.3 Å². The second-order valence-corrected chi connectivity index (χ2v) is 5.57. The molecule has 23 heavy (non-hydrogen) atoms. The molecule has 0 saturated carbocycles. The van der Waals surface area contributed by atoms with E-state index in [2.05, 4.69) is 53.9 Å². The maximum absolute atomic E-state index is 4.49. The molecule has 0 atom stereocenters. The molecule has 0 aliphatic carbocycles. The van der Waals surface area contributed by atoms with E-state index in [0.717, 1.165) is 36.1 Å². The molecule has 120 valence electrons. The van der Waals surface area contributed by atoms with Gasteiger partial charge in [-0.15, -0.1) is 0 Å². The Balaban J connectivity index is 2.26. The van der Waals surface area contributed by atoms with Crippen molar-refractivity contribution in [3.05, 3.63) is 71.7 Å². The Morgan fingerprint density at radius 3 is 2.74 bits per heavy atom. The highest BCUT2D eigenvalue weighted by Crippen LogP contribution is 2.19. The van der Waals surface area contributed by atoms with E-state index < -0.39 is 0 Å². The number of aromatic nitrogens is 2. The van der Waals surface area contributed by atoms with Gasteiger partial charge in [0.2, 0.25) is 0 Å². The second kappa shape index (κ2) is 8.28. The van der Waals surface area contributed by atoms with Crippen LogP contribution in [-0.2, 0) is 13.0 Å². The first-order valence-electron chi connectivity index (χ1n) is 8.12. The number of fused-ring (bicyclic) bond motifs is 1. The van der Waals surface area contributed by atoms with Gasteiger partial charge in [-0.05, 0) is 43.0 Å². The van der Waals surface area contributed by atoms with Crippen LogP contribution in [0.2, 0.25) is 0 Å². The van der Waals surface area contributed by atoms with Crippen LogP contribution >= 0.6 is 0 Å². The van der Waals surface area contributed by atoms with Crippen molar-refractivity contribution in [2.24, 2.45) is 0 Å².